The molecular weight excluding hydrogens is 122 g/mol. The molecule has 3 N–H and O–H groups in total. The molecule has 0 aliphatic carbocycles. The van der Waals surface area contributed by atoms with Crippen molar-refractivity contribution in [3.63, 3.8) is 0 Å². The van der Waals surface area contributed by atoms with Gasteiger partial charge in [0.05, 0.1) is 0 Å². The molecule has 54 valence electrons. The normalized spacial score (nSPS) is 16.8. The van der Waals surface area contributed by atoms with Crippen molar-refractivity contribution in [3.8, 4) is 0 Å². The second-order valence-electron chi connectivity index (χ2n) is 2.57. The van der Waals surface area contributed by atoms with Gasteiger partial charge in [-0.1, -0.05) is 13.8 Å². The van der Waals surface area contributed by atoms with Crippen molar-refractivity contribution in [2.45, 2.75) is 26.3 Å². The van der Waals surface area contributed by atoms with Gasteiger partial charge >= 0.3 is 5.97 Å². The van der Waals surface area contributed by atoms with Crippen LogP contribution in [0.2, 0.25) is 0 Å². The van der Waals surface area contributed by atoms with Gasteiger partial charge in [-0.15, -0.1) is 0 Å². The Balaban J connectivity index is 3.50. The maximum absolute atomic E-state index is 10.1. The Hall–Kier alpha value is -0.570. The van der Waals surface area contributed by atoms with Crippen LogP contribution in [-0.2, 0) is 4.79 Å². The fourth-order valence-electron chi connectivity index (χ4n) is 0.609. The molecule has 0 rings (SSSR count). The highest BCUT2D eigenvalue weighted by Gasteiger charge is 2.11. The Kier molecular flexibility index (Phi) is 3.24. The minimum atomic E-state index is -0.913. The molecule has 0 amide bonds. The van der Waals surface area contributed by atoms with Crippen LogP contribution < -0.4 is 5.73 Å². The van der Waals surface area contributed by atoms with Crippen LogP contribution in [0, 0.1) is 5.92 Å². The van der Waals surface area contributed by atoms with Gasteiger partial charge in [-0.25, -0.2) is 0 Å². The quantitative estimate of drug-likeness (QED) is 0.590. The number of carboxylic acids is 1. The third-order valence-corrected chi connectivity index (χ3v) is 1.04. The Labute approximate surface area is 54.9 Å². The van der Waals surface area contributed by atoms with E-state index in [0.717, 1.165) is 0 Å². The number of aliphatic carboxylic acids is 1. The first-order valence-electron chi connectivity index (χ1n) is 3.02. The van der Waals surface area contributed by atoms with Crippen molar-refractivity contribution < 1.29 is 9.90 Å². The zero-order valence-electron chi connectivity index (χ0n) is 5.79. The van der Waals surface area contributed by atoms with E-state index in [4.69, 9.17) is 10.8 Å². The van der Waals surface area contributed by atoms with E-state index in [1.165, 1.54) is 0 Å². The summed E-state index contributed by atoms with van der Waals surface area (Å²) < 4.78 is 0. The topological polar surface area (TPSA) is 63.3 Å². The lowest BCUT2D eigenvalue weighted by atomic mass is 10.3. The summed E-state index contributed by atoms with van der Waals surface area (Å²) in [5.41, 5.74) is 5.22. The highest BCUT2D eigenvalue weighted by atomic mass is 16.4. The van der Waals surface area contributed by atoms with Crippen molar-refractivity contribution in [3.05, 3.63) is 0 Å². The Morgan fingerprint density at radius 2 is 2.44 bits per heavy atom. The number of hydrogen-bond acceptors (Lipinski definition) is 2. The molecule has 0 aliphatic heterocycles. The number of rotatable bonds is 3. The number of carbonyl (C=O) groups is 1. The van der Waals surface area contributed by atoms with Crippen LogP contribution in [0.15, 0.2) is 0 Å². The summed E-state index contributed by atoms with van der Waals surface area (Å²) in [7, 11) is 0. The van der Waals surface area contributed by atoms with Crippen LogP contribution in [0.4, 0.5) is 0 Å². The third kappa shape index (κ3) is 3.97. The Bertz CT molecular complexity index is 101. The van der Waals surface area contributed by atoms with E-state index in [9.17, 15) is 4.79 Å². The fourth-order valence-corrected chi connectivity index (χ4v) is 0.609. The molecule has 0 aliphatic rings. The van der Waals surface area contributed by atoms with Gasteiger partial charge in [0.2, 0.25) is 0 Å². The highest BCUT2D eigenvalue weighted by molar-refractivity contribution is 5.72. The summed E-state index contributed by atoms with van der Waals surface area (Å²) in [6, 6.07) is -0.690. The molecule has 0 spiro atoms. The van der Waals surface area contributed by atoms with Crippen LogP contribution in [0.25, 0.3) is 0 Å². The van der Waals surface area contributed by atoms with Gasteiger partial charge in [0.15, 0.2) is 0 Å². The minimum absolute atomic E-state index is 0.357. The van der Waals surface area contributed by atoms with E-state index in [0.29, 0.717) is 12.3 Å². The molecule has 0 aromatic heterocycles. The molecule has 0 aromatic rings. The molecular formula is C6H13NO2. The number of carboxylic acid groups (broad SMARTS) is 1. The van der Waals surface area contributed by atoms with Crippen molar-refractivity contribution >= 4 is 5.97 Å². The molecule has 0 aromatic carbocycles. The van der Waals surface area contributed by atoms with Gasteiger partial charge in [0, 0.05) is 0 Å². The lowest BCUT2D eigenvalue weighted by Gasteiger charge is -2.07. The average molecular weight is 135 g/mol. The fraction of sp³-hybridized carbons (Fsp3) is 0.833. The third-order valence-electron chi connectivity index (χ3n) is 1.04. The van der Waals surface area contributed by atoms with E-state index < -0.39 is 12.0 Å². The van der Waals surface area contributed by atoms with Crippen LogP contribution in [-0.4, -0.2) is 17.1 Å². The van der Waals surface area contributed by atoms with E-state index >= 15 is 0 Å². The Morgan fingerprint density at radius 3 is 2.56 bits per heavy atom. The smallest absolute Gasteiger partial charge is 0.320 e. The second-order valence-corrected chi connectivity index (χ2v) is 2.57. The predicted molar refractivity (Wildman–Crippen MR) is 35.1 cm³/mol. The van der Waals surface area contributed by atoms with Gasteiger partial charge in [0.25, 0.3) is 0 Å². The average Bonchev–Trinajstić information content (AvgIpc) is 1.63. The monoisotopic (exact) mass is 135 g/mol. The molecule has 2 atom stereocenters. The standard InChI is InChI=1S/C6H13NO2/c1-4(2)3-5(7)6(8)9/h4-5H,3,7H2,1-2H3,(H,8,9)/t5-/m0/s1/i1+2,4+2/t4?,5-. The van der Waals surface area contributed by atoms with Crippen molar-refractivity contribution in [1.82, 2.24) is 0 Å². The maximum atomic E-state index is 10.1. The second kappa shape index (κ2) is 3.45. The van der Waals surface area contributed by atoms with E-state index in [1.54, 1.807) is 0 Å². The first-order chi connectivity index (χ1) is 4.04. The Morgan fingerprint density at radius 1 is 2.00 bits per heavy atom. The molecule has 3 nitrogen and oxygen atoms in total. The summed E-state index contributed by atoms with van der Waals surface area (Å²) in [6.07, 6.45) is 0.551. The first kappa shape index (κ1) is 8.43. The largest absolute Gasteiger partial charge is 0.480 e. The highest BCUT2D eigenvalue weighted by Crippen LogP contribution is 2.01. The lowest BCUT2D eigenvalue weighted by molar-refractivity contribution is -0.138. The summed E-state index contributed by atoms with van der Waals surface area (Å²) >= 11 is 0. The molecule has 0 saturated carbocycles. The predicted octanol–water partition coefficient (Wildman–Crippen LogP) is 0.444. The zero-order valence-corrected chi connectivity index (χ0v) is 5.79. The molecule has 9 heavy (non-hydrogen) atoms. The van der Waals surface area contributed by atoms with Crippen molar-refractivity contribution in [2.24, 2.45) is 11.7 Å². The zero-order chi connectivity index (χ0) is 7.44. The molecule has 0 saturated heterocycles. The maximum Gasteiger partial charge on any atom is 0.320 e. The summed E-state index contributed by atoms with van der Waals surface area (Å²) in [6.45, 7) is 3.89. The number of nitrogens with two attached hydrogens (primary N) is 1. The van der Waals surface area contributed by atoms with Gasteiger partial charge in [-0.05, 0) is 12.3 Å². The van der Waals surface area contributed by atoms with Crippen LogP contribution in [0.1, 0.15) is 20.3 Å². The molecule has 0 fully saturated rings. The minimum Gasteiger partial charge on any atom is -0.480 e. The van der Waals surface area contributed by atoms with Crippen molar-refractivity contribution in [2.75, 3.05) is 0 Å². The van der Waals surface area contributed by atoms with Crippen molar-refractivity contribution in [1.29, 1.82) is 0 Å². The SMILES string of the molecule is C[14CH]([14CH3])C[C@H](N)C(=O)O. The molecule has 0 radical (unpaired) electrons. The van der Waals surface area contributed by atoms with Crippen LogP contribution in [0.3, 0.4) is 0 Å². The van der Waals surface area contributed by atoms with E-state index in [-0.39, 0.29) is 0 Å². The summed E-state index contributed by atoms with van der Waals surface area (Å²) in [4.78, 5) is 10.1. The molecule has 0 heterocycles. The van der Waals surface area contributed by atoms with Gasteiger partial charge in [0.1, 0.15) is 6.04 Å². The van der Waals surface area contributed by atoms with Gasteiger partial charge in [-0.3, -0.25) is 4.79 Å². The lowest BCUT2D eigenvalue weighted by Crippen LogP contribution is -2.31. The first-order valence-corrected chi connectivity index (χ1v) is 3.02. The molecule has 1 unspecified atom stereocenters. The molecule has 3 heteroatoms. The summed E-state index contributed by atoms with van der Waals surface area (Å²) in [5, 5.41) is 8.31. The van der Waals surface area contributed by atoms with Gasteiger partial charge in [-0.2, -0.15) is 0 Å². The number of hydrogen-bond donors (Lipinski definition) is 2. The van der Waals surface area contributed by atoms with Crippen LogP contribution in [0.5, 0.6) is 0 Å². The van der Waals surface area contributed by atoms with Gasteiger partial charge < -0.3 is 10.8 Å². The summed E-state index contributed by atoms with van der Waals surface area (Å²) in [5.74, 6) is -0.556. The van der Waals surface area contributed by atoms with E-state index in [1.807, 2.05) is 13.8 Å². The van der Waals surface area contributed by atoms with Crippen LogP contribution >= 0.6 is 0 Å². The molecule has 0 bridgehead atoms. The van der Waals surface area contributed by atoms with E-state index in [2.05, 4.69) is 0 Å².